The average molecular weight is 320 g/mol. The molecule has 5 heteroatoms. The van der Waals surface area contributed by atoms with Gasteiger partial charge in [0.05, 0.1) is 5.60 Å². The molecule has 1 aromatic rings. The van der Waals surface area contributed by atoms with Gasteiger partial charge in [-0.05, 0) is 43.6 Å². The monoisotopic (exact) mass is 320 g/mol. The third-order valence-corrected chi connectivity index (χ3v) is 6.23. The molecule has 0 unspecified atom stereocenters. The molecule has 0 aromatic carbocycles. The summed E-state index contributed by atoms with van der Waals surface area (Å²) in [5.41, 5.74) is 0.772. The van der Waals surface area contributed by atoms with Gasteiger partial charge in [0.25, 0.3) is 5.91 Å². The van der Waals surface area contributed by atoms with E-state index in [0.29, 0.717) is 0 Å². The lowest BCUT2D eigenvalue weighted by Gasteiger charge is -2.40. The SMILES string of the molecule is O=C(N[C@H]1CCO[C@]2(CCN(C3CCC3)C2)C1)c1ccsc1. The van der Waals surface area contributed by atoms with E-state index in [4.69, 9.17) is 4.74 Å². The van der Waals surface area contributed by atoms with Crippen LogP contribution in [-0.4, -0.2) is 48.2 Å². The van der Waals surface area contributed by atoms with E-state index < -0.39 is 0 Å². The number of carbonyl (C=O) groups excluding carboxylic acids is 1. The molecule has 120 valence electrons. The maximum absolute atomic E-state index is 12.2. The number of rotatable bonds is 3. The van der Waals surface area contributed by atoms with E-state index in [1.807, 2.05) is 16.8 Å². The normalized spacial score (nSPS) is 33.0. The number of carbonyl (C=O) groups is 1. The molecule has 4 rings (SSSR count). The molecule has 1 aliphatic carbocycles. The molecule has 4 nitrogen and oxygen atoms in total. The molecule has 0 radical (unpaired) electrons. The van der Waals surface area contributed by atoms with Crippen LogP contribution in [0.3, 0.4) is 0 Å². The van der Waals surface area contributed by atoms with Gasteiger partial charge in [0.15, 0.2) is 0 Å². The number of hydrogen-bond acceptors (Lipinski definition) is 4. The van der Waals surface area contributed by atoms with Crippen LogP contribution in [0.4, 0.5) is 0 Å². The Hall–Kier alpha value is -0.910. The number of nitrogens with one attached hydrogen (secondary N) is 1. The Balaban J connectivity index is 1.36. The number of nitrogens with zero attached hydrogens (tertiary/aromatic N) is 1. The summed E-state index contributed by atoms with van der Waals surface area (Å²) >= 11 is 1.57. The molecular weight excluding hydrogens is 296 g/mol. The van der Waals surface area contributed by atoms with Crippen molar-refractivity contribution in [3.8, 4) is 0 Å². The van der Waals surface area contributed by atoms with Gasteiger partial charge in [-0.2, -0.15) is 11.3 Å². The van der Waals surface area contributed by atoms with Crippen molar-refractivity contribution in [2.75, 3.05) is 19.7 Å². The van der Waals surface area contributed by atoms with Gasteiger partial charge in [0, 0.05) is 42.7 Å². The fourth-order valence-corrected chi connectivity index (χ4v) is 4.67. The van der Waals surface area contributed by atoms with Crippen molar-refractivity contribution in [3.63, 3.8) is 0 Å². The Morgan fingerprint density at radius 3 is 3.05 bits per heavy atom. The summed E-state index contributed by atoms with van der Waals surface area (Å²) in [6.07, 6.45) is 7.11. The van der Waals surface area contributed by atoms with Gasteiger partial charge in [-0.3, -0.25) is 9.69 Å². The first-order chi connectivity index (χ1) is 10.7. The standard InChI is InChI=1S/C17H24N2O2S/c20-16(13-5-9-22-11-13)18-14-4-8-21-17(10-14)6-7-19(12-17)15-2-1-3-15/h5,9,11,14-15H,1-4,6-8,10,12H2,(H,18,20)/t14-,17+/m0/s1. The van der Waals surface area contributed by atoms with Crippen LogP contribution in [0.1, 0.15) is 48.9 Å². The minimum atomic E-state index is -0.0135. The van der Waals surface area contributed by atoms with Crippen LogP contribution in [0.15, 0.2) is 16.8 Å². The van der Waals surface area contributed by atoms with Crippen LogP contribution in [0, 0.1) is 0 Å². The lowest BCUT2D eigenvalue weighted by atomic mass is 9.88. The molecule has 2 atom stereocenters. The van der Waals surface area contributed by atoms with Crippen molar-refractivity contribution in [1.29, 1.82) is 0 Å². The van der Waals surface area contributed by atoms with Gasteiger partial charge < -0.3 is 10.1 Å². The Labute approximate surface area is 135 Å². The van der Waals surface area contributed by atoms with Gasteiger partial charge in [-0.15, -0.1) is 0 Å². The minimum Gasteiger partial charge on any atom is -0.373 e. The number of thiophene rings is 1. The van der Waals surface area contributed by atoms with Crippen molar-refractivity contribution in [2.24, 2.45) is 0 Å². The van der Waals surface area contributed by atoms with E-state index in [0.717, 1.165) is 50.6 Å². The zero-order valence-electron chi connectivity index (χ0n) is 12.9. The van der Waals surface area contributed by atoms with Crippen LogP contribution < -0.4 is 5.32 Å². The summed E-state index contributed by atoms with van der Waals surface area (Å²) < 4.78 is 6.19. The predicted molar refractivity (Wildman–Crippen MR) is 87.3 cm³/mol. The van der Waals surface area contributed by atoms with Crippen LogP contribution in [0.25, 0.3) is 0 Å². The summed E-state index contributed by atoms with van der Waals surface area (Å²) in [7, 11) is 0. The van der Waals surface area contributed by atoms with E-state index >= 15 is 0 Å². The predicted octanol–water partition coefficient (Wildman–Crippen LogP) is 2.65. The Kier molecular flexibility index (Phi) is 3.96. The molecule has 3 fully saturated rings. The second-order valence-corrected chi connectivity index (χ2v) is 7.79. The lowest BCUT2D eigenvalue weighted by molar-refractivity contribution is -0.0821. The highest BCUT2D eigenvalue weighted by Crippen LogP contribution is 2.38. The average Bonchev–Trinajstić information content (AvgIpc) is 3.08. The lowest BCUT2D eigenvalue weighted by Crippen LogP contribution is -2.51. The molecule has 1 aromatic heterocycles. The van der Waals surface area contributed by atoms with E-state index in [2.05, 4.69) is 10.2 Å². The number of likely N-dealkylation sites (tertiary alicyclic amines) is 1. The molecule has 3 aliphatic rings. The van der Waals surface area contributed by atoms with Gasteiger partial charge in [-0.25, -0.2) is 0 Å². The molecule has 2 saturated heterocycles. The molecule has 1 N–H and O–H groups in total. The van der Waals surface area contributed by atoms with Crippen LogP contribution in [0.2, 0.25) is 0 Å². The fraction of sp³-hybridized carbons (Fsp3) is 0.706. The first-order valence-electron chi connectivity index (χ1n) is 8.45. The molecule has 1 saturated carbocycles. The van der Waals surface area contributed by atoms with E-state index in [9.17, 15) is 4.79 Å². The highest BCUT2D eigenvalue weighted by atomic mass is 32.1. The van der Waals surface area contributed by atoms with E-state index in [-0.39, 0.29) is 17.6 Å². The maximum atomic E-state index is 12.2. The highest BCUT2D eigenvalue weighted by Gasteiger charge is 2.45. The third-order valence-electron chi connectivity index (χ3n) is 5.55. The van der Waals surface area contributed by atoms with Crippen molar-refractivity contribution in [1.82, 2.24) is 10.2 Å². The molecule has 3 heterocycles. The Bertz CT molecular complexity index is 529. The number of amides is 1. The van der Waals surface area contributed by atoms with Gasteiger partial charge in [0.2, 0.25) is 0 Å². The van der Waals surface area contributed by atoms with E-state index in [1.54, 1.807) is 11.3 Å². The zero-order chi connectivity index (χ0) is 15.0. The van der Waals surface area contributed by atoms with Crippen molar-refractivity contribution in [3.05, 3.63) is 22.4 Å². The molecule has 0 bridgehead atoms. The molecular formula is C17H24N2O2S. The minimum absolute atomic E-state index is 0.0135. The van der Waals surface area contributed by atoms with E-state index in [1.165, 1.54) is 19.3 Å². The topological polar surface area (TPSA) is 41.6 Å². The summed E-state index contributed by atoms with van der Waals surface area (Å²) in [5.74, 6) is 0.0668. The zero-order valence-corrected chi connectivity index (χ0v) is 13.7. The Morgan fingerprint density at radius 2 is 2.32 bits per heavy atom. The van der Waals surface area contributed by atoms with Crippen molar-refractivity contribution in [2.45, 2.75) is 56.2 Å². The van der Waals surface area contributed by atoms with Crippen molar-refractivity contribution < 1.29 is 9.53 Å². The first kappa shape index (κ1) is 14.7. The van der Waals surface area contributed by atoms with Gasteiger partial charge >= 0.3 is 0 Å². The van der Waals surface area contributed by atoms with Crippen LogP contribution >= 0.6 is 11.3 Å². The van der Waals surface area contributed by atoms with Gasteiger partial charge in [-0.1, -0.05) is 6.42 Å². The second-order valence-electron chi connectivity index (χ2n) is 7.01. The van der Waals surface area contributed by atoms with Crippen molar-refractivity contribution >= 4 is 17.2 Å². The molecule has 22 heavy (non-hydrogen) atoms. The number of ether oxygens (including phenoxy) is 1. The summed E-state index contributed by atoms with van der Waals surface area (Å²) in [5, 5.41) is 7.08. The summed E-state index contributed by atoms with van der Waals surface area (Å²) in [4.78, 5) is 14.9. The summed E-state index contributed by atoms with van der Waals surface area (Å²) in [6, 6.07) is 2.94. The fourth-order valence-electron chi connectivity index (χ4n) is 4.04. The first-order valence-corrected chi connectivity index (χ1v) is 9.39. The molecule has 1 spiro atoms. The maximum Gasteiger partial charge on any atom is 0.252 e. The largest absolute Gasteiger partial charge is 0.373 e. The van der Waals surface area contributed by atoms with Crippen LogP contribution in [0.5, 0.6) is 0 Å². The van der Waals surface area contributed by atoms with Gasteiger partial charge in [0.1, 0.15) is 0 Å². The quantitative estimate of drug-likeness (QED) is 0.931. The smallest absolute Gasteiger partial charge is 0.252 e. The third kappa shape index (κ3) is 2.82. The summed E-state index contributed by atoms with van der Waals surface area (Å²) in [6.45, 7) is 2.99. The number of hydrogen-bond donors (Lipinski definition) is 1. The van der Waals surface area contributed by atoms with Crippen LogP contribution in [-0.2, 0) is 4.74 Å². The Morgan fingerprint density at radius 1 is 1.41 bits per heavy atom. The second kappa shape index (κ2) is 5.95. The molecule has 1 amide bonds. The highest BCUT2D eigenvalue weighted by molar-refractivity contribution is 7.08. The molecule has 2 aliphatic heterocycles.